The van der Waals surface area contributed by atoms with E-state index >= 15 is 0 Å². The van der Waals surface area contributed by atoms with Crippen LogP contribution in [0.3, 0.4) is 0 Å². The number of anilines is 2. The Kier molecular flexibility index (Phi) is 4.52. The summed E-state index contributed by atoms with van der Waals surface area (Å²) in [5.41, 5.74) is 1.47. The summed E-state index contributed by atoms with van der Waals surface area (Å²) >= 11 is 0. The molecule has 1 aromatic heterocycles. The van der Waals surface area contributed by atoms with Crippen LogP contribution in [0.1, 0.15) is 18.0 Å². The van der Waals surface area contributed by atoms with Gasteiger partial charge in [-0.05, 0) is 18.2 Å². The number of aromatic nitrogens is 3. The van der Waals surface area contributed by atoms with Crippen molar-refractivity contribution in [2.45, 2.75) is 12.5 Å². The standard InChI is InChI=1S/C19H17N5O3/c25-17-10-15(24-19(23-17)20-12-21-24)14-8-4-5-9-16(14)27-11-18(26)22-13-6-2-1-3-7-13/h1-9,12,15H,10-11H2,(H,22,26)(H,20,21,23,25)/t15-/m0/s1. The molecule has 0 bridgehead atoms. The van der Waals surface area contributed by atoms with Crippen molar-refractivity contribution in [2.24, 2.45) is 0 Å². The van der Waals surface area contributed by atoms with E-state index in [1.165, 1.54) is 6.33 Å². The zero-order valence-electron chi connectivity index (χ0n) is 14.3. The molecule has 0 fully saturated rings. The Labute approximate surface area is 155 Å². The third-order valence-corrected chi connectivity index (χ3v) is 4.19. The van der Waals surface area contributed by atoms with E-state index in [1.807, 2.05) is 36.4 Å². The summed E-state index contributed by atoms with van der Waals surface area (Å²) in [5, 5.41) is 9.65. The first-order chi connectivity index (χ1) is 13.2. The molecule has 0 radical (unpaired) electrons. The van der Waals surface area contributed by atoms with Crippen LogP contribution in [0, 0.1) is 0 Å². The van der Waals surface area contributed by atoms with Gasteiger partial charge in [-0.1, -0.05) is 36.4 Å². The van der Waals surface area contributed by atoms with Gasteiger partial charge in [0.25, 0.3) is 5.91 Å². The molecule has 1 atom stereocenters. The maximum atomic E-state index is 12.2. The van der Waals surface area contributed by atoms with E-state index < -0.39 is 0 Å². The lowest BCUT2D eigenvalue weighted by Crippen LogP contribution is -2.29. The number of hydrogen-bond acceptors (Lipinski definition) is 5. The summed E-state index contributed by atoms with van der Waals surface area (Å²) in [6.07, 6.45) is 1.61. The lowest BCUT2D eigenvalue weighted by molar-refractivity contribution is -0.118. The van der Waals surface area contributed by atoms with Crippen LogP contribution in [-0.4, -0.2) is 33.2 Å². The maximum Gasteiger partial charge on any atom is 0.262 e. The van der Waals surface area contributed by atoms with Gasteiger partial charge in [-0.3, -0.25) is 14.9 Å². The zero-order valence-corrected chi connectivity index (χ0v) is 14.3. The smallest absolute Gasteiger partial charge is 0.262 e. The van der Waals surface area contributed by atoms with Crippen molar-refractivity contribution in [1.82, 2.24) is 14.8 Å². The second kappa shape index (κ2) is 7.28. The summed E-state index contributed by atoms with van der Waals surface area (Å²) in [6.45, 7) is -0.144. The summed E-state index contributed by atoms with van der Waals surface area (Å²) < 4.78 is 7.39. The van der Waals surface area contributed by atoms with Gasteiger partial charge in [0.15, 0.2) is 6.61 Å². The van der Waals surface area contributed by atoms with Crippen LogP contribution in [0.4, 0.5) is 11.6 Å². The average molecular weight is 363 g/mol. The Hall–Kier alpha value is -3.68. The number of para-hydroxylation sites is 2. The highest BCUT2D eigenvalue weighted by Crippen LogP contribution is 2.33. The van der Waals surface area contributed by atoms with Crippen LogP contribution in [0.25, 0.3) is 0 Å². The van der Waals surface area contributed by atoms with E-state index in [4.69, 9.17) is 4.74 Å². The lowest BCUT2D eigenvalue weighted by atomic mass is 10.0. The molecule has 2 amide bonds. The van der Waals surface area contributed by atoms with Crippen molar-refractivity contribution in [3.63, 3.8) is 0 Å². The van der Waals surface area contributed by atoms with Gasteiger partial charge >= 0.3 is 0 Å². The van der Waals surface area contributed by atoms with E-state index in [0.717, 1.165) is 5.56 Å². The first-order valence-electron chi connectivity index (χ1n) is 8.46. The van der Waals surface area contributed by atoms with Gasteiger partial charge in [-0.2, -0.15) is 10.1 Å². The van der Waals surface area contributed by atoms with Gasteiger partial charge in [0, 0.05) is 11.3 Å². The molecule has 0 saturated carbocycles. The Morgan fingerprint density at radius 1 is 1.19 bits per heavy atom. The molecular weight excluding hydrogens is 346 g/mol. The molecule has 1 aliphatic rings. The molecule has 3 aromatic rings. The summed E-state index contributed by atoms with van der Waals surface area (Å²) in [6, 6.07) is 16.1. The third kappa shape index (κ3) is 3.64. The van der Waals surface area contributed by atoms with Crippen LogP contribution in [-0.2, 0) is 9.59 Å². The Bertz CT molecular complexity index is 970. The van der Waals surface area contributed by atoms with E-state index in [2.05, 4.69) is 20.7 Å². The van der Waals surface area contributed by atoms with E-state index in [9.17, 15) is 9.59 Å². The van der Waals surface area contributed by atoms with Gasteiger partial charge in [-0.25, -0.2) is 4.68 Å². The first kappa shape index (κ1) is 16.8. The van der Waals surface area contributed by atoms with Crippen LogP contribution in [0.2, 0.25) is 0 Å². The fourth-order valence-corrected chi connectivity index (χ4v) is 3.00. The molecule has 8 heteroatoms. The molecule has 27 heavy (non-hydrogen) atoms. The van der Waals surface area contributed by atoms with Crippen molar-refractivity contribution in [2.75, 3.05) is 17.2 Å². The molecule has 2 N–H and O–H groups in total. The highest BCUT2D eigenvalue weighted by Gasteiger charge is 2.29. The fourth-order valence-electron chi connectivity index (χ4n) is 3.00. The number of ether oxygens (including phenoxy) is 1. The highest BCUT2D eigenvalue weighted by atomic mass is 16.5. The molecule has 0 aliphatic carbocycles. The summed E-state index contributed by atoms with van der Waals surface area (Å²) in [5.74, 6) is 0.519. The van der Waals surface area contributed by atoms with Gasteiger partial charge in [0.1, 0.15) is 12.1 Å². The minimum Gasteiger partial charge on any atom is -0.483 e. The molecule has 2 aromatic carbocycles. The number of fused-ring (bicyclic) bond motifs is 1. The van der Waals surface area contributed by atoms with E-state index in [1.54, 1.807) is 22.9 Å². The number of rotatable bonds is 5. The molecule has 0 saturated heterocycles. The van der Waals surface area contributed by atoms with E-state index in [0.29, 0.717) is 17.4 Å². The Morgan fingerprint density at radius 3 is 2.81 bits per heavy atom. The second-order valence-corrected chi connectivity index (χ2v) is 6.04. The maximum absolute atomic E-state index is 12.2. The minimum atomic E-state index is -0.343. The van der Waals surface area contributed by atoms with Gasteiger partial charge in [0.2, 0.25) is 11.9 Å². The zero-order chi connectivity index (χ0) is 18.6. The predicted octanol–water partition coefficient (Wildman–Crippen LogP) is 2.23. The molecule has 4 rings (SSSR count). The number of carbonyl (C=O) groups is 2. The number of hydrogen-bond donors (Lipinski definition) is 2. The van der Waals surface area contributed by atoms with Crippen molar-refractivity contribution < 1.29 is 14.3 Å². The lowest BCUT2D eigenvalue weighted by Gasteiger charge is -2.25. The number of carbonyl (C=O) groups excluding carboxylic acids is 2. The summed E-state index contributed by atoms with van der Waals surface area (Å²) in [4.78, 5) is 28.2. The van der Waals surface area contributed by atoms with Crippen molar-refractivity contribution in [3.05, 3.63) is 66.5 Å². The second-order valence-electron chi connectivity index (χ2n) is 6.04. The quantitative estimate of drug-likeness (QED) is 0.724. The van der Waals surface area contributed by atoms with Crippen molar-refractivity contribution >= 4 is 23.5 Å². The van der Waals surface area contributed by atoms with Crippen molar-refractivity contribution in [3.8, 4) is 5.75 Å². The number of nitrogens with one attached hydrogen (secondary N) is 2. The van der Waals surface area contributed by atoms with E-state index in [-0.39, 0.29) is 30.9 Å². The molecule has 136 valence electrons. The third-order valence-electron chi connectivity index (χ3n) is 4.19. The first-order valence-corrected chi connectivity index (χ1v) is 8.46. The minimum absolute atomic E-state index is 0.142. The fraction of sp³-hybridized carbons (Fsp3) is 0.158. The largest absolute Gasteiger partial charge is 0.483 e. The number of nitrogens with zero attached hydrogens (tertiary/aromatic N) is 3. The molecule has 0 unspecified atom stereocenters. The highest BCUT2D eigenvalue weighted by molar-refractivity contribution is 5.92. The molecule has 2 heterocycles. The van der Waals surface area contributed by atoms with Crippen LogP contribution >= 0.6 is 0 Å². The summed E-state index contributed by atoms with van der Waals surface area (Å²) in [7, 11) is 0. The molecule has 0 spiro atoms. The molecule has 8 nitrogen and oxygen atoms in total. The predicted molar refractivity (Wildman–Crippen MR) is 98.4 cm³/mol. The Morgan fingerprint density at radius 2 is 1.96 bits per heavy atom. The normalized spacial score (nSPS) is 15.6. The van der Waals surface area contributed by atoms with Gasteiger partial charge in [-0.15, -0.1) is 0 Å². The Balaban J connectivity index is 1.51. The van der Waals surface area contributed by atoms with Gasteiger partial charge in [0.05, 0.1) is 12.5 Å². The van der Waals surface area contributed by atoms with Gasteiger partial charge < -0.3 is 10.1 Å². The van der Waals surface area contributed by atoms with Crippen LogP contribution in [0.15, 0.2) is 60.9 Å². The number of amides is 2. The SMILES string of the molecule is O=C(COc1ccccc1[C@@H]1CC(=O)Nc2ncnn21)Nc1ccccc1. The average Bonchev–Trinajstić information content (AvgIpc) is 3.15. The van der Waals surface area contributed by atoms with Crippen LogP contribution in [0.5, 0.6) is 5.75 Å². The van der Waals surface area contributed by atoms with Crippen LogP contribution < -0.4 is 15.4 Å². The number of benzene rings is 2. The monoisotopic (exact) mass is 363 g/mol. The van der Waals surface area contributed by atoms with Crippen molar-refractivity contribution in [1.29, 1.82) is 0 Å². The topological polar surface area (TPSA) is 98.1 Å². The molecular formula is C19H17N5O3. The molecule has 1 aliphatic heterocycles.